The van der Waals surface area contributed by atoms with Crippen LogP contribution in [0.4, 0.5) is 0 Å². The molecule has 0 aliphatic carbocycles. The van der Waals surface area contributed by atoms with Crippen LogP contribution in [0.3, 0.4) is 0 Å². The molecule has 0 radical (unpaired) electrons. The topological polar surface area (TPSA) is 55.0 Å². The number of hydrogen-bond donors (Lipinski definition) is 1. The number of aromatic amines is 1. The third-order valence-electron chi connectivity index (χ3n) is 2.86. The molecule has 1 heterocycles. The van der Waals surface area contributed by atoms with E-state index in [1.807, 2.05) is 6.07 Å². The molecule has 18 heavy (non-hydrogen) atoms. The number of ether oxygens (including phenoxy) is 1. The van der Waals surface area contributed by atoms with E-state index in [2.05, 4.69) is 35.9 Å². The van der Waals surface area contributed by atoms with Crippen molar-refractivity contribution in [2.24, 2.45) is 0 Å². The normalized spacial score (nSPS) is 10.4. The second-order valence-corrected chi connectivity index (χ2v) is 4.16. The highest BCUT2D eigenvalue weighted by Gasteiger charge is 2.12. The van der Waals surface area contributed by atoms with E-state index < -0.39 is 5.97 Å². The minimum absolute atomic E-state index is 0.241. The van der Waals surface area contributed by atoms with E-state index >= 15 is 0 Å². The van der Waals surface area contributed by atoms with Gasteiger partial charge in [-0.05, 0) is 43.5 Å². The molecule has 0 bridgehead atoms. The monoisotopic (exact) mass is 244 g/mol. The van der Waals surface area contributed by atoms with Gasteiger partial charge < -0.3 is 9.72 Å². The zero-order chi connectivity index (χ0) is 13.1. The highest BCUT2D eigenvalue weighted by molar-refractivity contribution is 5.86. The number of nitrogens with zero attached hydrogens (tertiary/aromatic N) is 1. The fourth-order valence-electron chi connectivity index (χ4n) is 1.68. The second-order valence-electron chi connectivity index (χ2n) is 4.16. The van der Waals surface area contributed by atoms with Crippen molar-refractivity contribution in [1.29, 1.82) is 0 Å². The quantitative estimate of drug-likeness (QED) is 0.845. The van der Waals surface area contributed by atoms with Crippen molar-refractivity contribution < 1.29 is 9.53 Å². The van der Waals surface area contributed by atoms with Crippen LogP contribution in [0.5, 0.6) is 0 Å². The van der Waals surface area contributed by atoms with Gasteiger partial charge in [0.25, 0.3) is 0 Å². The molecule has 0 aliphatic rings. The fraction of sp³-hybridized carbons (Fsp3) is 0.286. The predicted octanol–water partition coefficient (Wildman–Crippen LogP) is 2.87. The van der Waals surface area contributed by atoms with Gasteiger partial charge in [-0.3, -0.25) is 0 Å². The number of aryl methyl sites for hydroxylation is 2. The molecule has 0 atom stereocenters. The molecule has 0 saturated carbocycles. The number of imidazole rings is 1. The summed E-state index contributed by atoms with van der Waals surface area (Å²) in [6.45, 7) is 6.24. The summed E-state index contributed by atoms with van der Waals surface area (Å²) in [5, 5.41) is 0. The van der Waals surface area contributed by atoms with E-state index in [4.69, 9.17) is 4.74 Å². The van der Waals surface area contributed by atoms with Crippen LogP contribution in [0.1, 0.15) is 28.7 Å². The lowest BCUT2D eigenvalue weighted by Crippen LogP contribution is -2.06. The molecule has 0 amide bonds. The van der Waals surface area contributed by atoms with Crippen LogP contribution in [-0.4, -0.2) is 22.5 Å². The lowest BCUT2D eigenvalue weighted by atomic mass is 10.1. The summed E-state index contributed by atoms with van der Waals surface area (Å²) in [4.78, 5) is 18.5. The maximum absolute atomic E-state index is 11.5. The molecule has 0 spiro atoms. The zero-order valence-corrected chi connectivity index (χ0v) is 10.8. The minimum atomic E-state index is -0.424. The summed E-state index contributed by atoms with van der Waals surface area (Å²) < 4.78 is 4.89. The van der Waals surface area contributed by atoms with Crippen LogP contribution in [0, 0.1) is 13.8 Å². The number of nitrogens with one attached hydrogen (secondary N) is 1. The van der Waals surface area contributed by atoms with Crippen molar-refractivity contribution in [2.45, 2.75) is 20.8 Å². The van der Waals surface area contributed by atoms with Crippen LogP contribution >= 0.6 is 0 Å². The van der Waals surface area contributed by atoms with Crippen molar-refractivity contribution in [1.82, 2.24) is 9.97 Å². The highest BCUT2D eigenvalue weighted by atomic mass is 16.5. The fourth-order valence-corrected chi connectivity index (χ4v) is 1.68. The number of benzene rings is 1. The molecule has 1 N–H and O–H groups in total. The average molecular weight is 244 g/mol. The maximum atomic E-state index is 11.5. The van der Waals surface area contributed by atoms with Crippen LogP contribution in [0.15, 0.2) is 24.4 Å². The van der Waals surface area contributed by atoms with Crippen molar-refractivity contribution in [2.75, 3.05) is 6.61 Å². The van der Waals surface area contributed by atoms with E-state index in [9.17, 15) is 4.79 Å². The summed E-state index contributed by atoms with van der Waals surface area (Å²) in [6.07, 6.45) is 1.65. The highest BCUT2D eigenvalue weighted by Crippen LogP contribution is 2.20. The summed E-state index contributed by atoms with van der Waals surface area (Å²) in [6, 6.07) is 6.12. The number of aromatic nitrogens is 2. The molecule has 0 saturated heterocycles. The Bertz CT molecular complexity index is 573. The summed E-state index contributed by atoms with van der Waals surface area (Å²) in [7, 11) is 0. The summed E-state index contributed by atoms with van der Waals surface area (Å²) >= 11 is 0. The number of carbonyl (C=O) groups is 1. The first-order chi connectivity index (χ1) is 8.61. The molecule has 0 fully saturated rings. The van der Waals surface area contributed by atoms with Gasteiger partial charge >= 0.3 is 5.97 Å². The Morgan fingerprint density at radius 2 is 2.11 bits per heavy atom. The van der Waals surface area contributed by atoms with Crippen LogP contribution in [-0.2, 0) is 4.74 Å². The molecular weight excluding hydrogens is 228 g/mol. The number of rotatable bonds is 3. The van der Waals surface area contributed by atoms with Gasteiger partial charge in [0.15, 0.2) is 0 Å². The Morgan fingerprint density at radius 1 is 1.33 bits per heavy atom. The van der Waals surface area contributed by atoms with Crippen LogP contribution in [0.25, 0.3) is 11.3 Å². The Labute approximate surface area is 106 Å². The molecule has 1 aromatic carbocycles. The van der Waals surface area contributed by atoms with Gasteiger partial charge in [-0.2, -0.15) is 0 Å². The zero-order valence-electron chi connectivity index (χ0n) is 10.8. The van der Waals surface area contributed by atoms with Crippen LogP contribution in [0.2, 0.25) is 0 Å². The van der Waals surface area contributed by atoms with Gasteiger partial charge in [-0.25, -0.2) is 9.78 Å². The van der Waals surface area contributed by atoms with E-state index in [1.165, 1.54) is 11.1 Å². The smallest absolute Gasteiger partial charge is 0.374 e. The van der Waals surface area contributed by atoms with E-state index in [-0.39, 0.29) is 5.82 Å². The first-order valence-electron chi connectivity index (χ1n) is 5.91. The third kappa shape index (κ3) is 2.42. The maximum Gasteiger partial charge on any atom is 0.374 e. The number of H-pyrrole nitrogens is 1. The molecule has 0 unspecified atom stereocenters. The summed E-state index contributed by atoms with van der Waals surface area (Å²) in [5.41, 5.74) is 4.28. The standard InChI is InChI=1S/C14H16N2O2/c1-4-18-14(17)13-15-8-12(16-13)11-6-5-9(2)10(3)7-11/h5-8H,4H2,1-3H3,(H,15,16). The average Bonchev–Trinajstić information content (AvgIpc) is 2.82. The lowest BCUT2D eigenvalue weighted by molar-refractivity contribution is 0.0513. The van der Waals surface area contributed by atoms with Crippen molar-refractivity contribution in [3.8, 4) is 11.3 Å². The Morgan fingerprint density at radius 3 is 2.78 bits per heavy atom. The molecule has 0 aliphatic heterocycles. The molecule has 2 aromatic rings. The van der Waals surface area contributed by atoms with Crippen molar-refractivity contribution in [3.63, 3.8) is 0 Å². The van der Waals surface area contributed by atoms with Gasteiger partial charge in [0.05, 0.1) is 18.5 Å². The minimum Gasteiger partial charge on any atom is -0.460 e. The molecule has 2 rings (SSSR count). The van der Waals surface area contributed by atoms with E-state index in [1.54, 1.807) is 13.1 Å². The Kier molecular flexibility index (Phi) is 3.46. The first-order valence-corrected chi connectivity index (χ1v) is 5.91. The van der Waals surface area contributed by atoms with Gasteiger partial charge in [0, 0.05) is 0 Å². The largest absolute Gasteiger partial charge is 0.460 e. The molecule has 1 aromatic heterocycles. The number of esters is 1. The van der Waals surface area contributed by atoms with E-state index in [0.717, 1.165) is 11.3 Å². The van der Waals surface area contributed by atoms with Crippen LogP contribution < -0.4 is 0 Å². The van der Waals surface area contributed by atoms with Gasteiger partial charge in [-0.15, -0.1) is 0 Å². The SMILES string of the molecule is CCOC(=O)c1ncc(-c2ccc(C)c(C)c2)[nH]1. The molecular formula is C14H16N2O2. The molecule has 4 nitrogen and oxygen atoms in total. The van der Waals surface area contributed by atoms with E-state index in [0.29, 0.717) is 6.61 Å². The number of hydrogen-bond acceptors (Lipinski definition) is 3. The second kappa shape index (κ2) is 5.04. The third-order valence-corrected chi connectivity index (χ3v) is 2.86. The van der Waals surface area contributed by atoms with Gasteiger partial charge in [-0.1, -0.05) is 12.1 Å². The molecule has 4 heteroatoms. The number of carbonyl (C=O) groups excluding carboxylic acids is 1. The first kappa shape index (κ1) is 12.4. The lowest BCUT2D eigenvalue weighted by Gasteiger charge is -2.02. The van der Waals surface area contributed by atoms with Crippen molar-refractivity contribution in [3.05, 3.63) is 41.3 Å². The Balaban J connectivity index is 2.29. The van der Waals surface area contributed by atoms with Crippen molar-refractivity contribution >= 4 is 5.97 Å². The molecule has 94 valence electrons. The van der Waals surface area contributed by atoms with Gasteiger partial charge in [0.1, 0.15) is 0 Å². The van der Waals surface area contributed by atoms with Gasteiger partial charge in [0.2, 0.25) is 5.82 Å². The summed E-state index contributed by atoms with van der Waals surface area (Å²) in [5.74, 6) is -0.183. The Hall–Kier alpha value is -2.10. The predicted molar refractivity (Wildman–Crippen MR) is 69.5 cm³/mol.